The highest BCUT2D eigenvalue weighted by molar-refractivity contribution is 6.34. The molecule has 3 rings (SSSR count). The smallest absolute Gasteiger partial charge is 0.157 e. The van der Waals surface area contributed by atoms with Crippen molar-refractivity contribution < 1.29 is 0 Å². The largest absolute Gasteiger partial charge is 0.228 e. The number of para-hydroxylation sites is 1. The minimum atomic E-state index is 0.489. The van der Waals surface area contributed by atoms with E-state index in [0.717, 1.165) is 22.9 Å². The molecule has 2 aromatic rings. The zero-order valence-electron chi connectivity index (χ0n) is 12.0. The predicted octanol–water partition coefficient (Wildman–Crippen LogP) is 5.30. The second kappa shape index (κ2) is 7.01. The highest BCUT2D eigenvalue weighted by Gasteiger charge is 2.08. The summed E-state index contributed by atoms with van der Waals surface area (Å²) < 4.78 is 0. The van der Waals surface area contributed by atoms with Gasteiger partial charge in [0, 0.05) is 11.0 Å². The molecule has 1 aromatic heterocycles. The van der Waals surface area contributed by atoms with Crippen LogP contribution in [0, 0.1) is 0 Å². The van der Waals surface area contributed by atoms with Crippen molar-refractivity contribution in [1.82, 2.24) is 9.97 Å². The molecule has 0 bridgehead atoms. The molecule has 1 heterocycles. The van der Waals surface area contributed by atoms with E-state index in [4.69, 9.17) is 11.6 Å². The fourth-order valence-corrected chi connectivity index (χ4v) is 2.42. The molecule has 108 valence electrons. The molecule has 1 aromatic carbocycles. The summed E-state index contributed by atoms with van der Waals surface area (Å²) in [6.07, 6.45) is 18.8. The van der Waals surface area contributed by atoms with Crippen LogP contribution in [0.1, 0.15) is 12.2 Å². The van der Waals surface area contributed by atoms with Crippen LogP contribution in [0.5, 0.6) is 0 Å². The maximum Gasteiger partial charge on any atom is 0.157 e. The van der Waals surface area contributed by atoms with Crippen molar-refractivity contribution in [1.29, 1.82) is 0 Å². The van der Waals surface area contributed by atoms with Gasteiger partial charge in [-0.15, -0.1) is 0 Å². The van der Waals surface area contributed by atoms with Crippen molar-refractivity contribution in [2.45, 2.75) is 6.42 Å². The van der Waals surface area contributed by atoms with Crippen LogP contribution in [-0.2, 0) is 0 Å². The van der Waals surface area contributed by atoms with Crippen molar-refractivity contribution in [2.24, 2.45) is 0 Å². The molecule has 2 nitrogen and oxygen atoms in total. The van der Waals surface area contributed by atoms with Crippen molar-refractivity contribution in [3.8, 4) is 0 Å². The number of hydrogen-bond donors (Lipinski definition) is 0. The molecule has 0 saturated carbocycles. The minimum Gasteiger partial charge on any atom is -0.228 e. The Morgan fingerprint density at radius 3 is 2.41 bits per heavy atom. The van der Waals surface area contributed by atoms with Crippen LogP contribution in [0.4, 0.5) is 0 Å². The van der Waals surface area contributed by atoms with Crippen LogP contribution in [0.3, 0.4) is 0 Å². The van der Waals surface area contributed by atoms with Gasteiger partial charge in [0.2, 0.25) is 0 Å². The summed E-state index contributed by atoms with van der Waals surface area (Å²) >= 11 is 6.30. The summed E-state index contributed by atoms with van der Waals surface area (Å²) in [6.45, 7) is 0. The molecule has 0 saturated heterocycles. The molecule has 0 atom stereocenters. The Hall–Kier alpha value is -2.45. The number of aromatic nitrogens is 2. The first kappa shape index (κ1) is 14.5. The Kier molecular flexibility index (Phi) is 4.62. The number of allylic oxidation sites excluding steroid dienone is 10. The molecule has 0 radical (unpaired) electrons. The van der Waals surface area contributed by atoms with Crippen LogP contribution < -0.4 is 0 Å². The van der Waals surface area contributed by atoms with E-state index in [1.54, 1.807) is 0 Å². The summed E-state index contributed by atoms with van der Waals surface area (Å²) in [5.41, 5.74) is 1.89. The van der Waals surface area contributed by atoms with E-state index >= 15 is 0 Å². The highest BCUT2D eigenvalue weighted by Crippen LogP contribution is 2.24. The summed E-state index contributed by atoms with van der Waals surface area (Å²) in [7, 11) is 0. The van der Waals surface area contributed by atoms with E-state index in [1.807, 2.05) is 72.9 Å². The van der Waals surface area contributed by atoms with E-state index < -0.39 is 0 Å². The van der Waals surface area contributed by atoms with Gasteiger partial charge >= 0.3 is 0 Å². The maximum atomic E-state index is 6.30. The van der Waals surface area contributed by atoms with Crippen LogP contribution >= 0.6 is 11.6 Å². The van der Waals surface area contributed by atoms with Crippen molar-refractivity contribution in [3.63, 3.8) is 0 Å². The van der Waals surface area contributed by atoms with Gasteiger partial charge in [-0.2, -0.15) is 0 Å². The molecule has 1 aliphatic carbocycles. The van der Waals surface area contributed by atoms with Crippen LogP contribution in [0.25, 0.3) is 16.5 Å². The third-order valence-electron chi connectivity index (χ3n) is 3.28. The molecule has 1 aliphatic rings. The van der Waals surface area contributed by atoms with E-state index in [9.17, 15) is 0 Å². The lowest BCUT2D eigenvalue weighted by Gasteiger charge is -2.06. The Labute approximate surface area is 134 Å². The van der Waals surface area contributed by atoms with Crippen molar-refractivity contribution in [3.05, 3.63) is 89.9 Å². The fourth-order valence-electron chi connectivity index (χ4n) is 2.18. The Balaban J connectivity index is 2.05. The van der Waals surface area contributed by atoms with E-state index in [1.165, 1.54) is 0 Å². The third-order valence-corrected chi connectivity index (χ3v) is 3.57. The fraction of sp³-hybridized carbons (Fsp3) is 0.0526. The Morgan fingerprint density at radius 1 is 0.818 bits per heavy atom. The average Bonchev–Trinajstić information content (AvgIpc) is 2.60. The predicted molar refractivity (Wildman–Crippen MR) is 93.7 cm³/mol. The molecule has 0 spiro atoms. The van der Waals surface area contributed by atoms with Crippen molar-refractivity contribution >= 4 is 28.1 Å². The molecular weight excluding hydrogens is 292 g/mol. The number of rotatable bonds is 1. The monoisotopic (exact) mass is 306 g/mol. The van der Waals surface area contributed by atoms with Gasteiger partial charge < -0.3 is 0 Å². The standard InChI is InChI=1S/C19H15ClN2/c20-18-16-13-9-10-14-17(16)21-19(22-18)15-11-7-5-3-1-2-4-6-8-12-15/h1-11,13-14H,12H2/b3-1-,4-2-,7-5-,8-6-,15-11+. The molecule has 0 amide bonds. The zero-order valence-corrected chi connectivity index (χ0v) is 12.7. The zero-order chi connectivity index (χ0) is 15.2. The summed E-state index contributed by atoms with van der Waals surface area (Å²) in [4.78, 5) is 9.10. The number of fused-ring (bicyclic) bond motifs is 1. The lowest BCUT2D eigenvalue weighted by atomic mass is 10.1. The Bertz CT molecular complexity index is 826. The quantitative estimate of drug-likeness (QED) is 0.668. The summed E-state index contributed by atoms with van der Waals surface area (Å²) in [5, 5.41) is 1.37. The number of benzene rings is 1. The van der Waals surface area contributed by atoms with E-state index in [-0.39, 0.29) is 0 Å². The first-order valence-electron chi connectivity index (χ1n) is 7.13. The molecule has 22 heavy (non-hydrogen) atoms. The van der Waals surface area contributed by atoms with Crippen LogP contribution in [0.2, 0.25) is 5.15 Å². The summed E-state index contributed by atoms with van der Waals surface area (Å²) in [5.74, 6) is 0.671. The molecular formula is C19H15ClN2. The Morgan fingerprint density at radius 2 is 1.55 bits per heavy atom. The van der Waals surface area contributed by atoms with Gasteiger partial charge in [-0.1, -0.05) is 78.4 Å². The van der Waals surface area contributed by atoms with Gasteiger partial charge in [0.25, 0.3) is 0 Å². The first-order valence-corrected chi connectivity index (χ1v) is 7.51. The van der Waals surface area contributed by atoms with Gasteiger partial charge in [-0.3, -0.25) is 0 Å². The summed E-state index contributed by atoms with van der Waals surface area (Å²) in [6, 6.07) is 7.78. The van der Waals surface area contributed by atoms with Gasteiger partial charge in [-0.05, 0) is 18.6 Å². The number of hydrogen-bond acceptors (Lipinski definition) is 2. The number of halogens is 1. The topological polar surface area (TPSA) is 25.8 Å². The second-order valence-electron chi connectivity index (χ2n) is 4.83. The van der Waals surface area contributed by atoms with Gasteiger partial charge in [0.05, 0.1) is 5.52 Å². The van der Waals surface area contributed by atoms with Crippen LogP contribution in [-0.4, -0.2) is 9.97 Å². The minimum absolute atomic E-state index is 0.489. The molecule has 0 unspecified atom stereocenters. The third kappa shape index (κ3) is 3.41. The van der Waals surface area contributed by atoms with Crippen LogP contribution in [0.15, 0.2) is 78.9 Å². The highest BCUT2D eigenvalue weighted by atomic mass is 35.5. The SMILES string of the molecule is Clc1nc(/C2=C/C=C\C=C/C=C\C=C/C2)nc2ccccc12. The first-order chi connectivity index (χ1) is 10.8. The van der Waals surface area contributed by atoms with E-state index in [2.05, 4.69) is 16.0 Å². The lowest BCUT2D eigenvalue weighted by Crippen LogP contribution is -1.96. The lowest BCUT2D eigenvalue weighted by molar-refractivity contribution is 1.14. The molecule has 0 N–H and O–H groups in total. The maximum absolute atomic E-state index is 6.30. The van der Waals surface area contributed by atoms with Gasteiger partial charge in [0.15, 0.2) is 5.82 Å². The number of nitrogens with zero attached hydrogens (tertiary/aromatic N) is 2. The second-order valence-corrected chi connectivity index (χ2v) is 5.19. The van der Waals surface area contributed by atoms with Crippen molar-refractivity contribution in [2.75, 3.05) is 0 Å². The van der Waals surface area contributed by atoms with E-state index in [0.29, 0.717) is 11.0 Å². The molecule has 0 aliphatic heterocycles. The average molecular weight is 307 g/mol. The van der Waals surface area contributed by atoms with Gasteiger partial charge in [0.1, 0.15) is 5.15 Å². The normalized spacial score (nSPS) is 23.0. The van der Waals surface area contributed by atoms with Gasteiger partial charge in [-0.25, -0.2) is 9.97 Å². The molecule has 3 heteroatoms. The molecule has 0 fully saturated rings.